The third-order valence-corrected chi connectivity index (χ3v) is 9.17. The first kappa shape index (κ1) is 34.4. The summed E-state index contributed by atoms with van der Waals surface area (Å²) >= 11 is 0. The molecule has 0 radical (unpaired) electrons. The number of nitrogens with one attached hydrogen (secondary N) is 3. The number of carbonyl (C=O) groups excluding carboxylic acids is 2. The van der Waals surface area contributed by atoms with Gasteiger partial charge < -0.3 is 21.1 Å². The SMILES string of the molecule is C[C@H](NC[C@@H](O)[C@H](Cc1ccccc1)NC(=O)c1cc(C(=O)N[C@@H](C)c2ccccc2)cc(N(C)S(C)(=O)=O)c1)c1ccccc1. The molecule has 0 fully saturated rings. The molecule has 2 amide bonds. The monoisotopic (exact) mass is 642 g/mol. The van der Waals surface area contributed by atoms with Gasteiger partial charge in [0.15, 0.2) is 0 Å². The Morgan fingerprint density at radius 1 is 0.739 bits per heavy atom. The number of benzene rings is 4. The topological polar surface area (TPSA) is 128 Å². The van der Waals surface area contributed by atoms with E-state index in [4.69, 9.17) is 0 Å². The Balaban J connectivity index is 1.60. The lowest BCUT2D eigenvalue weighted by Gasteiger charge is -2.27. The van der Waals surface area contributed by atoms with E-state index in [2.05, 4.69) is 16.0 Å². The van der Waals surface area contributed by atoms with Gasteiger partial charge in [0.25, 0.3) is 11.8 Å². The van der Waals surface area contributed by atoms with Crippen molar-refractivity contribution in [1.82, 2.24) is 16.0 Å². The van der Waals surface area contributed by atoms with Gasteiger partial charge in [-0.1, -0.05) is 91.0 Å². The van der Waals surface area contributed by atoms with Gasteiger partial charge in [0.2, 0.25) is 10.0 Å². The van der Waals surface area contributed by atoms with E-state index in [1.54, 1.807) is 0 Å². The molecule has 4 aromatic carbocycles. The van der Waals surface area contributed by atoms with Gasteiger partial charge in [0.05, 0.1) is 30.1 Å². The maximum Gasteiger partial charge on any atom is 0.251 e. The molecular formula is C36H42N4O5S. The van der Waals surface area contributed by atoms with Crippen molar-refractivity contribution in [3.05, 3.63) is 137 Å². The van der Waals surface area contributed by atoms with Crippen LogP contribution in [0.15, 0.2) is 109 Å². The zero-order valence-corrected chi connectivity index (χ0v) is 27.4. The Morgan fingerprint density at radius 2 is 1.22 bits per heavy atom. The second-order valence-electron chi connectivity index (χ2n) is 11.5. The molecule has 10 heteroatoms. The van der Waals surface area contributed by atoms with Gasteiger partial charge in [0.1, 0.15) is 0 Å². The fraction of sp³-hybridized carbons (Fsp3) is 0.278. The van der Waals surface area contributed by atoms with Crippen LogP contribution in [-0.4, -0.2) is 57.3 Å². The summed E-state index contributed by atoms with van der Waals surface area (Å²) in [7, 11) is -2.34. The van der Waals surface area contributed by atoms with E-state index in [1.165, 1.54) is 25.2 Å². The second-order valence-corrected chi connectivity index (χ2v) is 13.5. The molecule has 0 aliphatic carbocycles. The number of hydrogen-bond donors (Lipinski definition) is 4. The number of rotatable bonds is 14. The highest BCUT2D eigenvalue weighted by atomic mass is 32.2. The minimum atomic E-state index is -3.70. The number of amides is 2. The standard InChI is InChI=1S/C36H42N4O5S/c1-25(28-16-10-6-11-17-28)37-24-34(41)33(20-27-14-8-5-9-15-27)39-36(43)31-21-30(22-32(23-31)40(3)46(4,44)45)35(42)38-26(2)29-18-12-7-13-19-29/h5-19,21-23,25-26,33-34,37,41H,20,24H2,1-4H3,(H,38,42)(H,39,43)/t25-,26-,33-,34+/m0/s1. The fourth-order valence-electron chi connectivity index (χ4n) is 5.05. The molecular weight excluding hydrogens is 600 g/mol. The summed E-state index contributed by atoms with van der Waals surface area (Å²) in [6.07, 6.45) is 0.429. The van der Waals surface area contributed by atoms with Crippen molar-refractivity contribution in [3.8, 4) is 0 Å². The molecule has 0 saturated carbocycles. The van der Waals surface area contributed by atoms with Gasteiger partial charge in [-0.2, -0.15) is 0 Å². The quantitative estimate of drug-likeness (QED) is 0.159. The lowest BCUT2D eigenvalue weighted by Crippen LogP contribution is -2.49. The predicted octanol–water partition coefficient (Wildman–Crippen LogP) is 4.63. The van der Waals surface area contributed by atoms with E-state index >= 15 is 0 Å². The summed E-state index contributed by atoms with van der Waals surface area (Å²) in [5.41, 5.74) is 3.25. The smallest absolute Gasteiger partial charge is 0.251 e. The van der Waals surface area contributed by atoms with Gasteiger partial charge in [-0.05, 0) is 55.2 Å². The lowest BCUT2D eigenvalue weighted by atomic mass is 9.99. The average molecular weight is 643 g/mol. The zero-order chi connectivity index (χ0) is 33.3. The summed E-state index contributed by atoms with van der Waals surface area (Å²) in [6.45, 7) is 4.05. The minimum Gasteiger partial charge on any atom is -0.390 e. The number of aliphatic hydroxyl groups excluding tert-OH is 1. The number of sulfonamides is 1. The molecule has 0 aliphatic heterocycles. The zero-order valence-electron chi connectivity index (χ0n) is 26.6. The molecule has 0 unspecified atom stereocenters. The maximum atomic E-state index is 13.8. The first-order valence-corrected chi connectivity index (χ1v) is 17.0. The highest BCUT2D eigenvalue weighted by molar-refractivity contribution is 7.92. The van der Waals surface area contributed by atoms with Gasteiger partial charge in [-0.25, -0.2) is 8.42 Å². The fourth-order valence-corrected chi connectivity index (χ4v) is 5.54. The molecule has 9 nitrogen and oxygen atoms in total. The van der Waals surface area contributed by atoms with Crippen LogP contribution >= 0.6 is 0 Å². The molecule has 0 heterocycles. The molecule has 4 aromatic rings. The van der Waals surface area contributed by atoms with Crippen molar-refractivity contribution in [1.29, 1.82) is 0 Å². The Hall–Kier alpha value is -4.51. The number of anilines is 1. The van der Waals surface area contributed by atoms with Gasteiger partial charge in [-0.3, -0.25) is 13.9 Å². The van der Waals surface area contributed by atoms with Crippen molar-refractivity contribution in [2.24, 2.45) is 0 Å². The largest absolute Gasteiger partial charge is 0.390 e. The summed E-state index contributed by atoms with van der Waals surface area (Å²) in [5.74, 6) is -1.01. The van der Waals surface area contributed by atoms with Gasteiger partial charge in [0, 0.05) is 30.8 Å². The van der Waals surface area contributed by atoms with Crippen molar-refractivity contribution < 1.29 is 23.1 Å². The van der Waals surface area contributed by atoms with E-state index < -0.39 is 34.0 Å². The van der Waals surface area contributed by atoms with Crippen molar-refractivity contribution in [2.75, 3.05) is 24.2 Å². The number of carbonyl (C=O) groups is 2. The van der Waals surface area contributed by atoms with Crippen molar-refractivity contribution in [2.45, 2.75) is 44.5 Å². The highest BCUT2D eigenvalue weighted by Gasteiger charge is 2.25. The Bertz CT molecular complexity index is 1700. The number of nitrogens with zero attached hydrogens (tertiary/aromatic N) is 1. The van der Waals surface area contributed by atoms with Crippen LogP contribution < -0.4 is 20.3 Å². The second kappa shape index (κ2) is 15.7. The predicted molar refractivity (Wildman–Crippen MR) is 182 cm³/mol. The first-order chi connectivity index (χ1) is 21.9. The Kier molecular flexibility index (Phi) is 11.7. The van der Waals surface area contributed by atoms with E-state index in [0.29, 0.717) is 6.42 Å². The van der Waals surface area contributed by atoms with E-state index in [9.17, 15) is 23.1 Å². The molecule has 46 heavy (non-hydrogen) atoms. The first-order valence-electron chi connectivity index (χ1n) is 15.2. The number of hydrogen-bond acceptors (Lipinski definition) is 6. The summed E-state index contributed by atoms with van der Waals surface area (Å²) < 4.78 is 25.9. The molecule has 4 N–H and O–H groups in total. The van der Waals surface area contributed by atoms with Gasteiger partial charge in [-0.15, -0.1) is 0 Å². The average Bonchev–Trinajstić information content (AvgIpc) is 3.06. The molecule has 242 valence electrons. The van der Waals surface area contributed by atoms with Gasteiger partial charge >= 0.3 is 0 Å². The van der Waals surface area contributed by atoms with E-state index in [0.717, 1.165) is 27.3 Å². The maximum absolute atomic E-state index is 13.8. The molecule has 0 aromatic heterocycles. The summed E-state index contributed by atoms with van der Waals surface area (Å²) in [5, 5.41) is 20.6. The lowest BCUT2D eigenvalue weighted by molar-refractivity contribution is 0.0825. The molecule has 0 aliphatic rings. The summed E-state index contributed by atoms with van der Waals surface area (Å²) in [6, 6.07) is 32.0. The van der Waals surface area contributed by atoms with Crippen LogP contribution in [0, 0.1) is 0 Å². The number of aliphatic hydroxyl groups is 1. The van der Waals surface area contributed by atoms with Crippen LogP contribution in [-0.2, 0) is 16.4 Å². The van der Waals surface area contributed by atoms with Crippen LogP contribution in [0.2, 0.25) is 0 Å². The third kappa shape index (κ3) is 9.50. The van der Waals surface area contributed by atoms with Crippen LogP contribution in [0.4, 0.5) is 5.69 Å². The third-order valence-electron chi connectivity index (χ3n) is 7.96. The molecule has 4 atom stereocenters. The molecule has 0 bridgehead atoms. The normalized spacial score (nSPS) is 14.0. The summed E-state index contributed by atoms with van der Waals surface area (Å²) in [4.78, 5) is 27.2. The van der Waals surface area contributed by atoms with Crippen LogP contribution in [0.1, 0.15) is 63.3 Å². The van der Waals surface area contributed by atoms with Crippen LogP contribution in [0.3, 0.4) is 0 Å². The van der Waals surface area contributed by atoms with Crippen molar-refractivity contribution >= 4 is 27.5 Å². The molecule has 4 rings (SSSR count). The highest BCUT2D eigenvalue weighted by Crippen LogP contribution is 2.22. The van der Waals surface area contributed by atoms with E-state index in [-0.39, 0.29) is 35.4 Å². The van der Waals surface area contributed by atoms with Crippen LogP contribution in [0.5, 0.6) is 0 Å². The van der Waals surface area contributed by atoms with E-state index in [1.807, 2.05) is 105 Å². The van der Waals surface area contributed by atoms with Crippen LogP contribution in [0.25, 0.3) is 0 Å². The Morgan fingerprint density at radius 3 is 1.74 bits per heavy atom. The molecule has 0 saturated heterocycles. The Labute approximate surface area is 271 Å². The molecule has 0 spiro atoms. The van der Waals surface area contributed by atoms with Crippen molar-refractivity contribution in [3.63, 3.8) is 0 Å². The minimum absolute atomic E-state index is 0.0357.